The number of nitrogens with zero attached hydrogens (tertiary/aromatic N) is 2. The molecule has 0 unspecified atom stereocenters. The van der Waals surface area contributed by atoms with Crippen LogP contribution >= 0.6 is 0 Å². The summed E-state index contributed by atoms with van der Waals surface area (Å²) in [4.78, 5) is 35.4. The van der Waals surface area contributed by atoms with E-state index in [9.17, 15) is 14.4 Å². The molecule has 3 amide bonds. The monoisotopic (exact) mass is 285 g/mol. The average Bonchev–Trinajstić information content (AvgIpc) is 2.30. The van der Waals surface area contributed by atoms with E-state index in [1.54, 1.807) is 0 Å². The highest BCUT2D eigenvalue weighted by atomic mass is 16.4. The summed E-state index contributed by atoms with van der Waals surface area (Å²) in [6.45, 7) is 1.01. The van der Waals surface area contributed by atoms with Crippen molar-refractivity contribution in [1.29, 1.82) is 0 Å². The fraction of sp³-hybridized carbons (Fsp3) is 0.636. The molecule has 9 heteroatoms. The Morgan fingerprint density at radius 3 is 1.95 bits per heavy atom. The van der Waals surface area contributed by atoms with Crippen molar-refractivity contribution >= 4 is 23.6 Å². The molecule has 0 atom stereocenters. The van der Waals surface area contributed by atoms with Crippen molar-refractivity contribution in [2.45, 2.75) is 19.8 Å². The van der Waals surface area contributed by atoms with E-state index in [-0.39, 0.29) is 11.8 Å². The highest BCUT2D eigenvalue weighted by Crippen LogP contribution is 2.47. The summed E-state index contributed by atoms with van der Waals surface area (Å²) in [5.41, 5.74) is 14.5. The van der Waals surface area contributed by atoms with Gasteiger partial charge >= 0.3 is 0 Å². The lowest BCUT2D eigenvalue weighted by Crippen LogP contribution is -2.59. The second-order valence-corrected chi connectivity index (χ2v) is 5.17. The Morgan fingerprint density at radius 1 is 1.20 bits per heavy atom. The van der Waals surface area contributed by atoms with Gasteiger partial charge < -0.3 is 27.3 Å². The molecule has 0 spiro atoms. The molecule has 0 aromatic rings. The van der Waals surface area contributed by atoms with E-state index < -0.39 is 36.2 Å². The number of carbonyl (C=O) groups excluding carboxylic acids is 3. The third-order valence-electron chi connectivity index (χ3n) is 3.38. The van der Waals surface area contributed by atoms with Crippen LogP contribution in [0.1, 0.15) is 19.8 Å². The molecule has 0 aliphatic heterocycles. The predicted molar refractivity (Wildman–Crippen MR) is 69.2 cm³/mol. The summed E-state index contributed by atoms with van der Waals surface area (Å²) in [5.74, 6) is -2.16. The summed E-state index contributed by atoms with van der Waals surface area (Å²) < 4.78 is 0. The van der Waals surface area contributed by atoms with Crippen LogP contribution in [0.3, 0.4) is 0 Å². The van der Waals surface area contributed by atoms with Gasteiger partial charge in [-0.1, -0.05) is 12.1 Å². The summed E-state index contributed by atoms with van der Waals surface area (Å²) in [6.07, 6.45) is 0.742. The molecule has 0 aromatic heterocycles. The summed E-state index contributed by atoms with van der Waals surface area (Å²) in [7, 11) is 0. The first kappa shape index (κ1) is 15.7. The number of nitrogens with two attached hydrogens (primary N) is 3. The van der Waals surface area contributed by atoms with E-state index in [0.717, 1.165) is 4.90 Å². The minimum absolute atomic E-state index is 0.211. The molecule has 1 aliphatic rings. The molecule has 7 N–H and O–H groups in total. The fourth-order valence-electron chi connectivity index (χ4n) is 2.60. The van der Waals surface area contributed by atoms with E-state index in [4.69, 9.17) is 22.4 Å². The summed E-state index contributed by atoms with van der Waals surface area (Å²) in [6, 6.07) is 0. The van der Waals surface area contributed by atoms with Gasteiger partial charge in [0, 0.05) is 0 Å². The van der Waals surface area contributed by atoms with E-state index >= 15 is 0 Å². The Hall–Kier alpha value is -2.32. The van der Waals surface area contributed by atoms with Gasteiger partial charge in [0.1, 0.15) is 5.41 Å². The lowest BCUT2D eigenvalue weighted by Gasteiger charge is -2.45. The number of rotatable bonds is 6. The minimum atomic E-state index is -1.20. The van der Waals surface area contributed by atoms with E-state index in [0.29, 0.717) is 12.8 Å². The van der Waals surface area contributed by atoms with Gasteiger partial charge in [-0.05, 0) is 18.8 Å². The van der Waals surface area contributed by atoms with Crippen LogP contribution in [0.25, 0.3) is 0 Å². The van der Waals surface area contributed by atoms with Gasteiger partial charge in [0.25, 0.3) is 0 Å². The highest BCUT2D eigenvalue weighted by molar-refractivity contribution is 6.09. The molecule has 9 nitrogen and oxygen atoms in total. The lowest BCUT2D eigenvalue weighted by atomic mass is 9.61. The summed E-state index contributed by atoms with van der Waals surface area (Å²) in [5, 5.41) is 11.7. The summed E-state index contributed by atoms with van der Waals surface area (Å²) >= 11 is 0. The standard InChI is InChI=1S/C11H19N5O4/c1-6-2-11(3-6,9(14)15-20)10(19)16(4-7(12)17)5-8(13)18/h6,20H,2-5H2,1H3,(H2,12,17)(H2,13,18)(H2,14,15). The molecule has 1 fully saturated rings. The second kappa shape index (κ2) is 5.76. The maximum atomic E-state index is 12.5. The van der Waals surface area contributed by atoms with Crippen molar-refractivity contribution in [1.82, 2.24) is 4.90 Å². The van der Waals surface area contributed by atoms with Gasteiger partial charge in [-0.15, -0.1) is 0 Å². The zero-order valence-electron chi connectivity index (χ0n) is 11.2. The molecule has 20 heavy (non-hydrogen) atoms. The van der Waals surface area contributed by atoms with Gasteiger partial charge in [-0.2, -0.15) is 0 Å². The van der Waals surface area contributed by atoms with Crippen molar-refractivity contribution in [3.05, 3.63) is 0 Å². The quantitative estimate of drug-likeness (QED) is 0.190. The van der Waals surface area contributed by atoms with Crippen molar-refractivity contribution in [2.75, 3.05) is 13.1 Å². The van der Waals surface area contributed by atoms with Gasteiger partial charge in [-0.25, -0.2) is 0 Å². The Kier molecular flexibility index (Phi) is 4.53. The normalized spacial score (nSPS) is 25.6. The number of hydrogen-bond acceptors (Lipinski definition) is 5. The zero-order valence-corrected chi connectivity index (χ0v) is 11.2. The number of hydrogen-bond donors (Lipinski definition) is 4. The van der Waals surface area contributed by atoms with Crippen LogP contribution in [0.5, 0.6) is 0 Å². The van der Waals surface area contributed by atoms with Gasteiger partial charge in [0.2, 0.25) is 17.7 Å². The molecule has 1 rings (SSSR count). The van der Waals surface area contributed by atoms with Crippen LogP contribution in [0.15, 0.2) is 5.16 Å². The van der Waals surface area contributed by atoms with Crippen molar-refractivity contribution < 1.29 is 19.6 Å². The van der Waals surface area contributed by atoms with Crippen LogP contribution in [0.4, 0.5) is 0 Å². The van der Waals surface area contributed by atoms with E-state index in [1.807, 2.05) is 6.92 Å². The van der Waals surface area contributed by atoms with Crippen LogP contribution in [0.2, 0.25) is 0 Å². The van der Waals surface area contributed by atoms with E-state index in [1.165, 1.54) is 0 Å². The molecule has 0 heterocycles. The first-order valence-electron chi connectivity index (χ1n) is 6.07. The molecular weight excluding hydrogens is 266 g/mol. The number of amidine groups is 1. The van der Waals surface area contributed by atoms with Gasteiger partial charge in [0.05, 0.1) is 13.1 Å². The largest absolute Gasteiger partial charge is 0.409 e. The SMILES string of the molecule is CC1CC(C(=O)N(CC(N)=O)CC(N)=O)(C(N)=NO)C1. The van der Waals surface area contributed by atoms with E-state index in [2.05, 4.69) is 5.16 Å². The second-order valence-electron chi connectivity index (χ2n) is 5.17. The fourth-order valence-corrected chi connectivity index (χ4v) is 2.60. The Balaban J connectivity index is 3.02. The van der Waals surface area contributed by atoms with Crippen molar-refractivity contribution in [3.8, 4) is 0 Å². The van der Waals surface area contributed by atoms with Crippen molar-refractivity contribution in [2.24, 2.45) is 33.7 Å². The minimum Gasteiger partial charge on any atom is -0.409 e. The third-order valence-corrected chi connectivity index (χ3v) is 3.38. The zero-order chi connectivity index (χ0) is 15.5. The van der Waals surface area contributed by atoms with Gasteiger partial charge in [0.15, 0.2) is 5.84 Å². The number of oxime groups is 1. The lowest BCUT2D eigenvalue weighted by molar-refractivity contribution is -0.148. The highest BCUT2D eigenvalue weighted by Gasteiger charge is 2.54. The average molecular weight is 285 g/mol. The topological polar surface area (TPSA) is 165 Å². The van der Waals surface area contributed by atoms with Crippen molar-refractivity contribution in [3.63, 3.8) is 0 Å². The maximum absolute atomic E-state index is 12.5. The Bertz CT molecular complexity index is 440. The molecule has 1 saturated carbocycles. The first-order chi connectivity index (χ1) is 9.22. The molecular formula is C11H19N5O4. The first-order valence-corrected chi connectivity index (χ1v) is 6.07. The molecule has 0 aromatic carbocycles. The smallest absolute Gasteiger partial charge is 0.237 e. The molecule has 0 radical (unpaired) electrons. The van der Waals surface area contributed by atoms with Crippen LogP contribution in [-0.2, 0) is 14.4 Å². The maximum Gasteiger partial charge on any atom is 0.237 e. The Morgan fingerprint density at radius 2 is 1.65 bits per heavy atom. The van der Waals surface area contributed by atoms with Gasteiger partial charge in [-0.3, -0.25) is 14.4 Å². The van der Waals surface area contributed by atoms with Crippen LogP contribution in [-0.4, -0.2) is 46.8 Å². The Labute approximate surface area is 115 Å². The molecule has 0 saturated heterocycles. The molecule has 0 bridgehead atoms. The number of primary amides is 2. The molecule has 1 aliphatic carbocycles. The predicted octanol–water partition coefficient (Wildman–Crippen LogP) is -2.05. The number of carbonyl (C=O) groups is 3. The molecule has 112 valence electrons. The van der Waals surface area contributed by atoms with Crippen LogP contribution in [0, 0.1) is 11.3 Å². The third kappa shape index (κ3) is 2.98. The number of amides is 3. The van der Waals surface area contributed by atoms with Crippen LogP contribution < -0.4 is 17.2 Å².